The summed E-state index contributed by atoms with van der Waals surface area (Å²) in [6.45, 7) is 7.18. The summed E-state index contributed by atoms with van der Waals surface area (Å²) in [7, 11) is -7.85. The van der Waals surface area contributed by atoms with Crippen LogP contribution in [0.5, 0.6) is 0 Å². The van der Waals surface area contributed by atoms with Crippen LogP contribution in [0.1, 0.15) is 78.6 Å². The average Bonchev–Trinajstić information content (AvgIpc) is 2.60. The molecule has 168 valence electrons. The molecule has 0 saturated heterocycles. The molecule has 9 nitrogen and oxygen atoms in total. The summed E-state index contributed by atoms with van der Waals surface area (Å²) < 4.78 is 42.2. The minimum atomic E-state index is -2.62. The molecule has 3 atom stereocenters. The molecular formula is C15H33CoO9P3+3. The minimum Gasteiger partial charge on any atom is -0.566 e. The van der Waals surface area contributed by atoms with Gasteiger partial charge in [-0.25, -0.2) is 0 Å². The van der Waals surface area contributed by atoms with E-state index in [0.29, 0.717) is 19.8 Å². The van der Waals surface area contributed by atoms with Crippen molar-refractivity contribution in [2.24, 2.45) is 0 Å². The predicted molar refractivity (Wildman–Crippen MR) is 99.3 cm³/mol. The maximum absolute atomic E-state index is 9.78. The third-order valence-electron chi connectivity index (χ3n) is 2.83. The first-order valence-corrected chi connectivity index (χ1v) is 12.4. The Morgan fingerprint density at radius 2 is 0.750 bits per heavy atom. The van der Waals surface area contributed by atoms with Crippen LogP contribution in [-0.4, -0.2) is 19.8 Å². The zero-order valence-electron chi connectivity index (χ0n) is 16.8. The molecule has 0 aromatic heterocycles. The van der Waals surface area contributed by atoms with E-state index in [2.05, 4.69) is 34.3 Å². The van der Waals surface area contributed by atoms with Crippen LogP contribution < -0.4 is 14.7 Å². The molecule has 0 aromatic carbocycles. The standard InChI is InChI=1S/3C5H11O3P.Co/c3*1-2-3-4-5-8-9(6)7;/h3*2-5H2,1H3;/q;;;+3. The van der Waals surface area contributed by atoms with Gasteiger partial charge in [-0.15, -0.1) is 13.6 Å². The Morgan fingerprint density at radius 1 is 0.536 bits per heavy atom. The van der Waals surface area contributed by atoms with Crippen molar-refractivity contribution in [3.63, 3.8) is 0 Å². The summed E-state index contributed by atoms with van der Waals surface area (Å²) in [5.74, 6) is 0. The van der Waals surface area contributed by atoms with Crippen molar-refractivity contribution in [1.29, 1.82) is 0 Å². The van der Waals surface area contributed by atoms with E-state index in [-0.39, 0.29) is 16.8 Å². The third-order valence-corrected chi connectivity index (χ3v) is 4.01. The van der Waals surface area contributed by atoms with Crippen molar-refractivity contribution in [3.05, 3.63) is 0 Å². The number of hydrogen-bond acceptors (Lipinski definition) is 9. The van der Waals surface area contributed by atoms with Gasteiger partial charge in [0.25, 0.3) is 0 Å². The summed E-state index contributed by atoms with van der Waals surface area (Å²) in [5.41, 5.74) is 0. The van der Waals surface area contributed by atoms with Gasteiger partial charge >= 0.3 is 41.5 Å². The van der Waals surface area contributed by atoms with E-state index in [4.69, 9.17) is 0 Å². The van der Waals surface area contributed by atoms with E-state index in [0.717, 1.165) is 57.8 Å². The molecule has 13 heteroatoms. The van der Waals surface area contributed by atoms with Gasteiger partial charge in [0.2, 0.25) is 0 Å². The van der Waals surface area contributed by atoms with Gasteiger partial charge in [-0.3, -0.25) is 0 Å². The zero-order valence-corrected chi connectivity index (χ0v) is 20.6. The van der Waals surface area contributed by atoms with Crippen molar-refractivity contribution >= 4 is 24.8 Å². The molecule has 0 spiro atoms. The molecule has 0 amide bonds. The molecular weight excluding hydrogens is 476 g/mol. The van der Waals surface area contributed by atoms with Gasteiger partial charge in [0.15, 0.2) is 0 Å². The van der Waals surface area contributed by atoms with E-state index in [1.807, 2.05) is 0 Å². The molecule has 3 unspecified atom stereocenters. The van der Waals surface area contributed by atoms with Gasteiger partial charge < -0.3 is 14.7 Å². The Bertz CT molecular complexity index is 311. The van der Waals surface area contributed by atoms with Crippen molar-refractivity contribution in [2.75, 3.05) is 19.8 Å². The molecule has 0 N–H and O–H groups in total. The molecule has 0 radical (unpaired) electrons. The molecule has 0 aliphatic carbocycles. The maximum Gasteiger partial charge on any atom is 3.00 e. The molecule has 0 heterocycles. The molecule has 0 bridgehead atoms. The van der Waals surface area contributed by atoms with Crippen molar-refractivity contribution in [2.45, 2.75) is 78.6 Å². The molecule has 28 heavy (non-hydrogen) atoms. The molecule has 0 aliphatic heterocycles. The second kappa shape index (κ2) is 32.2. The van der Waals surface area contributed by atoms with Crippen molar-refractivity contribution in [1.82, 2.24) is 0 Å². The Labute approximate surface area is 182 Å². The van der Waals surface area contributed by atoms with Crippen LogP contribution in [0.15, 0.2) is 0 Å². The monoisotopic (exact) mass is 509 g/mol. The van der Waals surface area contributed by atoms with Crippen LogP contribution in [-0.2, 0) is 44.0 Å². The van der Waals surface area contributed by atoms with Crippen LogP contribution >= 0.6 is 24.8 Å². The summed E-state index contributed by atoms with van der Waals surface area (Å²) in [6.07, 6.45) is 8.84. The van der Waals surface area contributed by atoms with Gasteiger partial charge in [-0.1, -0.05) is 59.3 Å². The van der Waals surface area contributed by atoms with E-state index < -0.39 is 24.8 Å². The van der Waals surface area contributed by atoms with Gasteiger partial charge in [-0.2, -0.15) is 0 Å². The number of rotatable bonds is 15. The third kappa shape index (κ3) is 50.4. The Balaban J connectivity index is -0.000000152. The van der Waals surface area contributed by atoms with Crippen LogP contribution in [0.3, 0.4) is 0 Å². The first-order valence-electron chi connectivity index (χ1n) is 9.13. The van der Waals surface area contributed by atoms with Crippen LogP contribution in [0.25, 0.3) is 0 Å². The quantitative estimate of drug-likeness (QED) is 0.238. The fourth-order valence-corrected chi connectivity index (χ4v) is 2.31. The van der Waals surface area contributed by atoms with E-state index in [1.54, 1.807) is 0 Å². The smallest absolute Gasteiger partial charge is 0.566 e. The summed E-state index contributed by atoms with van der Waals surface area (Å²) >= 11 is 0. The van der Waals surface area contributed by atoms with Gasteiger partial charge in [0.05, 0.1) is 0 Å². The summed E-state index contributed by atoms with van der Waals surface area (Å²) in [5, 5.41) is 0. The average molecular weight is 509 g/mol. The number of unbranched alkanes of at least 4 members (excludes halogenated alkanes) is 6. The molecule has 0 fully saturated rings. The molecule has 0 saturated carbocycles. The normalized spacial score (nSPS) is 11.1. The van der Waals surface area contributed by atoms with Crippen molar-refractivity contribution in [3.8, 4) is 0 Å². The largest absolute Gasteiger partial charge is 3.00 e. The van der Waals surface area contributed by atoms with Crippen LogP contribution in [0.4, 0.5) is 0 Å². The first-order chi connectivity index (χ1) is 12.8. The fourth-order valence-electron chi connectivity index (χ4n) is 1.47. The molecule has 0 aromatic rings. The maximum atomic E-state index is 9.78. The van der Waals surface area contributed by atoms with Crippen LogP contribution in [0.2, 0.25) is 0 Å². The SMILES string of the molecule is CCCCCO[P+](=O)[O-].CCCCCO[P+](=O)[O-].CCCCCO[P+](=O)[O-].[Co+3]. The first kappa shape index (κ1) is 36.0. The molecule has 0 aliphatic rings. The van der Waals surface area contributed by atoms with E-state index >= 15 is 0 Å². The molecule has 0 rings (SSSR count). The summed E-state index contributed by atoms with van der Waals surface area (Å²) in [4.78, 5) is 29.3. The second-order valence-electron chi connectivity index (χ2n) is 5.29. The predicted octanol–water partition coefficient (Wildman–Crippen LogP) is 3.63. The van der Waals surface area contributed by atoms with Crippen LogP contribution in [0, 0.1) is 0 Å². The fraction of sp³-hybridized carbons (Fsp3) is 1.00. The van der Waals surface area contributed by atoms with E-state index in [9.17, 15) is 28.4 Å². The Kier molecular flexibility index (Phi) is 41.4. The number of hydrogen-bond donors (Lipinski definition) is 0. The van der Waals surface area contributed by atoms with Crippen molar-refractivity contribution < 1.29 is 58.7 Å². The zero-order chi connectivity index (χ0) is 21.3. The van der Waals surface area contributed by atoms with Gasteiger partial charge in [-0.05, 0) is 33.0 Å². The minimum absolute atomic E-state index is 0. The Hall–Kier alpha value is 0.566. The Morgan fingerprint density at radius 3 is 0.893 bits per heavy atom. The second-order valence-corrected chi connectivity index (χ2v) is 7.41. The summed E-state index contributed by atoms with van der Waals surface area (Å²) in [6, 6.07) is 0. The van der Waals surface area contributed by atoms with E-state index in [1.165, 1.54) is 0 Å². The van der Waals surface area contributed by atoms with Gasteiger partial charge in [0, 0.05) is 0 Å². The van der Waals surface area contributed by atoms with Gasteiger partial charge in [0.1, 0.15) is 19.8 Å². The topological polar surface area (TPSA) is 148 Å².